The van der Waals surface area contributed by atoms with E-state index >= 15 is 0 Å². The van der Waals surface area contributed by atoms with Crippen LogP contribution < -0.4 is 5.32 Å². The molecule has 0 bridgehead atoms. The zero-order valence-electron chi connectivity index (χ0n) is 14.4. The molecule has 0 saturated carbocycles. The molecule has 0 aliphatic rings. The first-order valence-corrected chi connectivity index (χ1v) is 7.98. The number of hydrogen-bond donors (Lipinski definition) is 1. The van der Waals surface area contributed by atoms with Gasteiger partial charge in [-0.1, -0.05) is 18.2 Å². The minimum Gasteiger partial charge on any atom is -0.337 e. The Bertz CT molecular complexity index is 714. The molecule has 24 heavy (non-hydrogen) atoms. The summed E-state index contributed by atoms with van der Waals surface area (Å²) < 4.78 is 0. The third-order valence-corrected chi connectivity index (χ3v) is 3.80. The Hall–Kier alpha value is -2.69. The molecular weight excluding hydrogens is 302 g/mol. The van der Waals surface area contributed by atoms with Crippen LogP contribution in [0.5, 0.6) is 0 Å². The van der Waals surface area contributed by atoms with Crippen molar-refractivity contribution in [3.63, 3.8) is 0 Å². The van der Waals surface area contributed by atoms with Crippen molar-refractivity contribution >= 4 is 17.5 Å². The molecule has 5 nitrogen and oxygen atoms in total. The van der Waals surface area contributed by atoms with Crippen molar-refractivity contribution in [3.05, 3.63) is 59.4 Å². The number of aromatic nitrogens is 1. The van der Waals surface area contributed by atoms with Crippen LogP contribution in [0.25, 0.3) is 0 Å². The Balaban J connectivity index is 1.92. The monoisotopic (exact) mass is 325 g/mol. The number of rotatable bonds is 6. The average Bonchev–Trinajstić information content (AvgIpc) is 2.55. The van der Waals surface area contributed by atoms with E-state index in [9.17, 15) is 9.59 Å². The van der Waals surface area contributed by atoms with Gasteiger partial charge in [-0.25, -0.2) is 0 Å². The van der Waals surface area contributed by atoms with Crippen LogP contribution in [-0.2, 0) is 16.1 Å². The molecule has 0 unspecified atom stereocenters. The van der Waals surface area contributed by atoms with Crippen LogP contribution in [0.3, 0.4) is 0 Å². The molecule has 0 fully saturated rings. The summed E-state index contributed by atoms with van der Waals surface area (Å²) in [6.45, 7) is 6.22. The lowest BCUT2D eigenvalue weighted by Crippen LogP contribution is -2.32. The SMILES string of the molecule is CC(=O)N(CCC(=O)Nc1cc(C)ccc1C)Cc1ccccn1. The fraction of sp³-hybridized carbons (Fsp3) is 0.316. The molecule has 5 heteroatoms. The van der Waals surface area contributed by atoms with Crippen molar-refractivity contribution in [2.75, 3.05) is 11.9 Å². The molecule has 126 valence electrons. The number of aryl methyl sites for hydroxylation is 2. The lowest BCUT2D eigenvalue weighted by molar-refractivity contribution is -0.130. The van der Waals surface area contributed by atoms with E-state index in [1.807, 2.05) is 50.2 Å². The van der Waals surface area contributed by atoms with E-state index in [1.165, 1.54) is 6.92 Å². The van der Waals surface area contributed by atoms with Crippen LogP contribution >= 0.6 is 0 Å². The highest BCUT2D eigenvalue weighted by Gasteiger charge is 2.13. The maximum Gasteiger partial charge on any atom is 0.226 e. The highest BCUT2D eigenvalue weighted by molar-refractivity contribution is 5.92. The van der Waals surface area contributed by atoms with Gasteiger partial charge in [-0.05, 0) is 43.2 Å². The van der Waals surface area contributed by atoms with E-state index in [-0.39, 0.29) is 18.2 Å². The first-order chi connectivity index (χ1) is 11.5. The topological polar surface area (TPSA) is 62.3 Å². The quantitative estimate of drug-likeness (QED) is 0.888. The Kier molecular flexibility index (Phi) is 6.07. The summed E-state index contributed by atoms with van der Waals surface area (Å²) >= 11 is 0. The summed E-state index contributed by atoms with van der Waals surface area (Å²) in [6.07, 6.45) is 1.95. The minimum absolute atomic E-state index is 0.0693. The van der Waals surface area contributed by atoms with Gasteiger partial charge in [0.05, 0.1) is 12.2 Å². The largest absolute Gasteiger partial charge is 0.337 e. The van der Waals surface area contributed by atoms with Gasteiger partial charge in [-0.15, -0.1) is 0 Å². The van der Waals surface area contributed by atoms with Crippen LogP contribution in [0.2, 0.25) is 0 Å². The molecule has 0 atom stereocenters. The Morgan fingerprint density at radius 2 is 1.96 bits per heavy atom. The Labute approximate surface area is 142 Å². The molecule has 0 aliphatic heterocycles. The molecule has 2 rings (SSSR count). The van der Waals surface area contributed by atoms with Crippen molar-refractivity contribution in [1.82, 2.24) is 9.88 Å². The highest BCUT2D eigenvalue weighted by Crippen LogP contribution is 2.16. The van der Waals surface area contributed by atoms with Crippen molar-refractivity contribution in [2.45, 2.75) is 33.7 Å². The first-order valence-electron chi connectivity index (χ1n) is 7.98. The third-order valence-electron chi connectivity index (χ3n) is 3.80. The molecule has 2 aromatic rings. The van der Waals surface area contributed by atoms with Gasteiger partial charge in [-0.2, -0.15) is 0 Å². The number of amides is 2. The first kappa shape index (κ1) is 17.7. The van der Waals surface area contributed by atoms with Crippen molar-refractivity contribution in [3.8, 4) is 0 Å². The smallest absolute Gasteiger partial charge is 0.226 e. The normalized spacial score (nSPS) is 10.3. The van der Waals surface area contributed by atoms with Crippen molar-refractivity contribution < 1.29 is 9.59 Å². The van der Waals surface area contributed by atoms with Gasteiger partial charge in [0.2, 0.25) is 11.8 Å². The molecule has 2 amide bonds. The summed E-state index contributed by atoms with van der Waals surface area (Å²) in [5, 5.41) is 2.92. The standard InChI is InChI=1S/C19H23N3O2/c1-14-7-8-15(2)18(12-14)21-19(24)9-11-22(16(3)23)13-17-6-4-5-10-20-17/h4-8,10,12H,9,11,13H2,1-3H3,(H,21,24). The third kappa shape index (κ3) is 5.19. The lowest BCUT2D eigenvalue weighted by Gasteiger charge is -2.20. The predicted molar refractivity (Wildman–Crippen MR) is 94.5 cm³/mol. The van der Waals surface area contributed by atoms with E-state index in [0.717, 1.165) is 22.5 Å². The fourth-order valence-electron chi connectivity index (χ4n) is 2.35. The number of nitrogens with zero attached hydrogens (tertiary/aromatic N) is 2. The van der Waals surface area contributed by atoms with Gasteiger partial charge in [-0.3, -0.25) is 14.6 Å². The number of pyridine rings is 1. The summed E-state index contributed by atoms with van der Waals surface area (Å²) in [4.78, 5) is 29.8. The molecule has 1 aromatic heterocycles. The molecule has 0 spiro atoms. The second-order valence-electron chi connectivity index (χ2n) is 5.88. The Morgan fingerprint density at radius 3 is 2.62 bits per heavy atom. The molecule has 1 N–H and O–H groups in total. The summed E-state index contributed by atoms with van der Waals surface area (Å²) in [5.41, 5.74) is 3.74. The minimum atomic E-state index is -0.101. The highest BCUT2D eigenvalue weighted by atomic mass is 16.2. The van der Waals surface area contributed by atoms with Gasteiger partial charge in [0.25, 0.3) is 0 Å². The number of anilines is 1. The zero-order valence-corrected chi connectivity index (χ0v) is 14.4. The predicted octanol–water partition coefficient (Wildman–Crippen LogP) is 3.08. The van der Waals surface area contributed by atoms with Crippen molar-refractivity contribution in [2.24, 2.45) is 0 Å². The molecule has 0 radical (unpaired) electrons. The molecule has 1 heterocycles. The number of benzene rings is 1. The van der Waals surface area contributed by atoms with E-state index in [4.69, 9.17) is 0 Å². The van der Waals surface area contributed by atoms with E-state index in [2.05, 4.69) is 10.3 Å². The Morgan fingerprint density at radius 1 is 1.17 bits per heavy atom. The summed E-state index contributed by atoms with van der Waals surface area (Å²) in [7, 11) is 0. The van der Waals surface area contributed by atoms with Gasteiger partial charge in [0.15, 0.2) is 0 Å². The van der Waals surface area contributed by atoms with Crippen LogP contribution in [-0.4, -0.2) is 28.2 Å². The lowest BCUT2D eigenvalue weighted by atomic mass is 10.1. The maximum absolute atomic E-state index is 12.2. The summed E-state index contributed by atoms with van der Waals surface area (Å²) in [6, 6.07) is 11.5. The van der Waals surface area contributed by atoms with Crippen LogP contribution in [0.15, 0.2) is 42.6 Å². The van der Waals surface area contributed by atoms with E-state index in [1.54, 1.807) is 11.1 Å². The molecule has 0 saturated heterocycles. The zero-order chi connectivity index (χ0) is 17.5. The molecule has 1 aromatic carbocycles. The van der Waals surface area contributed by atoms with Crippen LogP contribution in [0.1, 0.15) is 30.2 Å². The number of nitrogens with one attached hydrogen (secondary N) is 1. The van der Waals surface area contributed by atoms with E-state index in [0.29, 0.717) is 13.1 Å². The number of carbonyl (C=O) groups is 2. The fourth-order valence-corrected chi connectivity index (χ4v) is 2.35. The van der Waals surface area contributed by atoms with Gasteiger partial charge in [0.1, 0.15) is 0 Å². The second kappa shape index (κ2) is 8.24. The second-order valence-corrected chi connectivity index (χ2v) is 5.88. The maximum atomic E-state index is 12.2. The molecular formula is C19H23N3O2. The summed E-state index contributed by atoms with van der Waals surface area (Å²) in [5.74, 6) is -0.170. The van der Waals surface area contributed by atoms with Crippen LogP contribution in [0.4, 0.5) is 5.69 Å². The average molecular weight is 325 g/mol. The van der Waals surface area contributed by atoms with Gasteiger partial charge >= 0.3 is 0 Å². The number of carbonyl (C=O) groups excluding carboxylic acids is 2. The van der Waals surface area contributed by atoms with E-state index < -0.39 is 0 Å². The number of hydrogen-bond acceptors (Lipinski definition) is 3. The van der Waals surface area contributed by atoms with Crippen LogP contribution in [0, 0.1) is 13.8 Å². The van der Waals surface area contributed by atoms with Crippen molar-refractivity contribution in [1.29, 1.82) is 0 Å². The van der Waals surface area contributed by atoms with Gasteiger partial charge < -0.3 is 10.2 Å². The molecule has 0 aliphatic carbocycles. The van der Waals surface area contributed by atoms with Gasteiger partial charge in [0, 0.05) is 31.8 Å².